The predicted octanol–water partition coefficient (Wildman–Crippen LogP) is 4.40. The van der Waals surface area contributed by atoms with Gasteiger partial charge in [0.25, 0.3) is 5.91 Å². The third-order valence-corrected chi connectivity index (χ3v) is 4.22. The van der Waals surface area contributed by atoms with E-state index in [4.69, 9.17) is 0 Å². The fraction of sp³-hybridized carbons (Fsp3) is 0.300. The highest BCUT2D eigenvalue weighted by Gasteiger charge is 2.24. The van der Waals surface area contributed by atoms with Gasteiger partial charge in [-0.3, -0.25) is 9.20 Å². The van der Waals surface area contributed by atoms with E-state index in [-0.39, 0.29) is 11.7 Å². The molecule has 3 aromatic rings. The third-order valence-electron chi connectivity index (χ3n) is 4.22. The zero-order valence-electron chi connectivity index (χ0n) is 14.8. The molecule has 0 N–H and O–H groups in total. The number of imidazole rings is 1. The average molecular weight is 339 g/mol. The smallest absolute Gasteiger partial charge is 0.277 e. The van der Waals surface area contributed by atoms with Crippen LogP contribution in [-0.4, -0.2) is 21.8 Å². The fourth-order valence-electron chi connectivity index (χ4n) is 3.07. The maximum atomic E-state index is 13.8. The van der Waals surface area contributed by atoms with Crippen LogP contribution in [0.5, 0.6) is 0 Å². The maximum absolute atomic E-state index is 13.8. The van der Waals surface area contributed by atoms with Crippen molar-refractivity contribution in [2.45, 2.75) is 33.6 Å². The monoisotopic (exact) mass is 339 g/mol. The summed E-state index contributed by atoms with van der Waals surface area (Å²) in [6, 6.07) is 10.8. The van der Waals surface area contributed by atoms with Gasteiger partial charge in [0.1, 0.15) is 17.2 Å². The van der Waals surface area contributed by atoms with Crippen LogP contribution in [0.15, 0.2) is 42.6 Å². The van der Waals surface area contributed by atoms with Crippen molar-refractivity contribution in [1.82, 2.24) is 9.38 Å². The molecule has 0 bridgehead atoms. The van der Waals surface area contributed by atoms with Gasteiger partial charge in [0.15, 0.2) is 0 Å². The molecule has 0 aliphatic heterocycles. The van der Waals surface area contributed by atoms with Gasteiger partial charge in [-0.2, -0.15) is 0 Å². The summed E-state index contributed by atoms with van der Waals surface area (Å²) in [6.07, 6.45) is 2.87. The summed E-state index contributed by atoms with van der Waals surface area (Å²) in [5.41, 5.74) is 3.67. The molecular formula is C20H22FN3O. The highest BCUT2D eigenvalue weighted by Crippen LogP contribution is 2.22. The Labute approximate surface area is 146 Å². The number of aromatic nitrogens is 2. The van der Waals surface area contributed by atoms with Crippen molar-refractivity contribution in [1.29, 1.82) is 0 Å². The van der Waals surface area contributed by atoms with Crippen LogP contribution in [0.3, 0.4) is 0 Å². The Morgan fingerprint density at radius 1 is 1.24 bits per heavy atom. The average Bonchev–Trinajstić information content (AvgIpc) is 2.93. The van der Waals surface area contributed by atoms with Gasteiger partial charge in [0, 0.05) is 18.4 Å². The molecule has 1 amide bonds. The second kappa shape index (κ2) is 7.05. The predicted molar refractivity (Wildman–Crippen MR) is 97.7 cm³/mol. The van der Waals surface area contributed by atoms with E-state index in [1.165, 1.54) is 12.3 Å². The topological polar surface area (TPSA) is 37.6 Å². The van der Waals surface area contributed by atoms with Crippen LogP contribution in [-0.2, 0) is 6.42 Å². The first-order chi connectivity index (χ1) is 12.0. The van der Waals surface area contributed by atoms with Gasteiger partial charge in [0.2, 0.25) is 0 Å². The summed E-state index contributed by atoms with van der Waals surface area (Å²) in [4.78, 5) is 19.6. The minimum Gasteiger partial charge on any atom is -0.307 e. The van der Waals surface area contributed by atoms with Crippen LogP contribution in [0.1, 0.15) is 42.0 Å². The van der Waals surface area contributed by atoms with E-state index in [1.807, 2.05) is 45.0 Å². The molecule has 3 rings (SSSR count). The lowest BCUT2D eigenvalue weighted by molar-refractivity contribution is 0.0981. The van der Waals surface area contributed by atoms with Crippen LogP contribution in [0.25, 0.3) is 5.65 Å². The Balaban J connectivity index is 2.14. The number of benzene rings is 1. The van der Waals surface area contributed by atoms with Crippen LogP contribution in [0, 0.1) is 12.7 Å². The third kappa shape index (κ3) is 3.27. The molecule has 0 aliphatic carbocycles. The molecule has 0 saturated heterocycles. The number of hydrogen-bond acceptors (Lipinski definition) is 2. The number of nitrogens with zero attached hydrogens (tertiary/aromatic N) is 3. The van der Waals surface area contributed by atoms with E-state index in [0.29, 0.717) is 30.0 Å². The molecule has 130 valence electrons. The first-order valence-electron chi connectivity index (χ1n) is 8.60. The van der Waals surface area contributed by atoms with Crippen molar-refractivity contribution in [3.05, 3.63) is 65.4 Å². The van der Waals surface area contributed by atoms with E-state index < -0.39 is 0 Å². The summed E-state index contributed by atoms with van der Waals surface area (Å²) < 4.78 is 15.3. The molecule has 4 nitrogen and oxygen atoms in total. The Kier molecular flexibility index (Phi) is 4.83. The normalized spacial score (nSPS) is 11.0. The van der Waals surface area contributed by atoms with Crippen molar-refractivity contribution in [3.8, 4) is 0 Å². The quantitative estimate of drug-likeness (QED) is 0.691. The van der Waals surface area contributed by atoms with Gasteiger partial charge in [-0.1, -0.05) is 25.5 Å². The van der Waals surface area contributed by atoms with E-state index in [1.54, 1.807) is 15.4 Å². The zero-order valence-corrected chi connectivity index (χ0v) is 14.8. The van der Waals surface area contributed by atoms with Gasteiger partial charge >= 0.3 is 0 Å². The second-order valence-corrected chi connectivity index (χ2v) is 6.12. The van der Waals surface area contributed by atoms with Crippen LogP contribution >= 0.6 is 0 Å². The number of anilines is 1. The number of fused-ring (bicyclic) bond motifs is 1. The Morgan fingerprint density at radius 3 is 2.72 bits per heavy atom. The standard InChI is InChI=1S/C20H22FN3O/c1-4-7-17-19(24-13-15(21)10-11-18(24)22-17)20(25)23(5-2)16-9-6-8-14(3)12-16/h6,8-13H,4-5,7H2,1-3H3. The molecular weight excluding hydrogens is 317 g/mol. The van der Waals surface area contributed by atoms with Gasteiger partial charge in [-0.25, -0.2) is 9.37 Å². The van der Waals surface area contributed by atoms with E-state index in [0.717, 1.165) is 17.7 Å². The number of amides is 1. The van der Waals surface area contributed by atoms with Gasteiger partial charge in [0.05, 0.1) is 5.69 Å². The molecule has 1 aromatic carbocycles. The second-order valence-electron chi connectivity index (χ2n) is 6.12. The van der Waals surface area contributed by atoms with Crippen LogP contribution in [0.4, 0.5) is 10.1 Å². The summed E-state index contributed by atoms with van der Waals surface area (Å²) in [5, 5.41) is 0. The minimum absolute atomic E-state index is 0.158. The number of aryl methyl sites for hydroxylation is 2. The Morgan fingerprint density at radius 2 is 2.04 bits per heavy atom. The van der Waals surface area contributed by atoms with Gasteiger partial charge < -0.3 is 4.90 Å². The van der Waals surface area contributed by atoms with E-state index in [9.17, 15) is 9.18 Å². The molecule has 2 heterocycles. The largest absolute Gasteiger partial charge is 0.307 e. The number of carbonyl (C=O) groups excluding carboxylic acids is 1. The van der Waals surface area contributed by atoms with Crippen molar-refractivity contribution in [2.24, 2.45) is 0 Å². The Hall–Kier alpha value is -2.69. The molecule has 0 unspecified atom stereocenters. The molecule has 25 heavy (non-hydrogen) atoms. The molecule has 2 aromatic heterocycles. The first kappa shape index (κ1) is 17.1. The van der Waals surface area contributed by atoms with Gasteiger partial charge in [-0.15, -0.1) is 0 Å². The molecule has 0 spiro atoms. The number of hydrogen-bond donors (Lipinski definition) is 0. The number of carbonyl (C=O) groups is 1. The number of halogens is 1. The van der Waals surface area contributed by atoms with Crippen LogP contribution in [0.2, 0.25) is 0 Å². The number of rotatable bonds is 5. The highest BCUT2D eigenvalue weighted by atomic mass is 19.1. The maximum Gasteiger partial charge on any atom is 0.277 e. The first-order valence-corrected chi connectivity index (χ1v) is 8.60. The Bertz CT molecular complexity index is 916. The molecule has 0 radical (unpaired) electrons. The molecule has 0 fully saturated rings. The van der Waals surface area contributed by atoms with E-state index >= 15 is 0 Å². The fourth-order valence-corrected chi connectivity index (χ4v) is 3.07. The molecule has 5 heteroatoms. The van der Waals surface area contributed by atoms with E-state index in [2.05, 4.69) is 4.98 Å². The van der Waals surface area contributed by atoms with Crippen molar-refractivity contribution in [2.75, 3.05) is 11.4 Å². The lowest BCUT2D eigenvalue weighted by atomic mass is 10.1. The SMILES string of the molecule is CCCc1nc2ccc(F)cn2c1C(=O)N(CC)c1cccc(C)c1. The van der Waals surface area contributed by atoms with Crippen molar-refractivity contribution in [3.63, 3.8) is 0 Å². The minimum atomic E-state index is -0.388. The van der Waals surface area contributed by atoms with Crippen LogP contribution < -0.4 is 4.90 Å². The molecule has 0 aliphatic rings. The summed E-state index contributed by atoms with van der Waals surface area (Å²) in [7, 11) is 0. The van der Waals surface area contributed by atoms with Crippen molar-refractivity contribution >= 4 is 17.2 Å². The summed E-state index contributed by atoms with van der Waals surface area (Å²) in [5.74, 6) is -0.546. The lowest BCUT2D eigenvalue weighted by Gasteiger charge is -2.22. The highest BCUT2D eigenvalue weighted by molar-refractivity contribution is 6.06. The summed E-state index contributed by atoms with van der Waals surface area (Å²) >= 11 is 0. The lowest BCUT2D eigenvalue weighted by Crippen LogP contribution is -2.32. The summed E-state index contributed by atoms with van der Waals surface area (Å²) in [6.45, 7) is 6.49. The van der Waals surface area contributed by atoms with Crippen molar-refractivity contribution < 1.29 is 9.18 Å². The van der Waals surface area contributed by atoms with Gasteiger partial charge in [-0.05, 0) is 50.1 Å². The number of pyridine rings is 1. The zero-order chi connectivity index (χ0) is 18.0. The molecule has 0 atom stereocenters. The molecule has 0 saturated carbocycles.